The van der Waals surface area contributed by atoms with Gasteiger partial charge in [0, 0.05) is 11.8 Å². The molecular formula is C9H10F3NO. The maximum Gasteiger partial charge on any atom is 0.416 e. The van der Waals surface area contributed by atoms with E-state index in [-0.39, 0.29) is 0 Å². The van der Waals surface area contributed by atoms with Gasteiger partial charge in [-0.05, 0) is 12.5 Å². The van der Waals surface area contributed by atoms with Gasteiger partial charge in [0.2, 0.25) is 5.56 Å². The molecule has 1 heterocycles. The smallest absolute Gasteiger partial charge is 0.326 e. The predicted molar refractivity (Wildman–Crippen MR) is 46.1 cm³/mol. The maximum atomic E-state index is 12.2. The lowest BCUT2D eigenvalue weighted by molar-refractivity contribution is -0.137. The van der Waals surface area contributed by atoms with Crippen molar-refractivity contribution >= 4 is 0 Å². The van der Waals surface area contributed by atoms with Crippen molar-refractivity contribution in [2.75, 3.05) is 0 Å². The van der Waals surface area contributed by atoms with Crippen molar-refractivity contribution < 1.29 is 13.2 Å². The van der Waals surface area contributed by atoms with Crippen molar-refractivity contribution in [2.45, 2.75) is 25.9 Å². The molecule has 1 aromatic heterocycles. The van der Waals surface area contributed by atoms with Crippen LogP contribution in [0.5, 0.6) is 0 Å². The first-order valence-electron chi connectivity index (χ1n) is 4.24. The lowest BCUT2D eigenvalue weighted by atomic mass is 10.1. The highest BCUT2D eigenvalue weighted by molar-refractivity contribution is 5.19. The number of nitrogens with one attached hydrogen (secondary N) is 1. The van der Waals surface area contributed by atoms with E-state index in [1.54, 1.807) is 0 Å². The van der Waals surface area contributed by atoms with Crippen LogP contribution in [0.3, 0.4) is 0 Å². The molecule has 1 N–H and O–H groups in total. The number of H-pyrrole nitrogens is 1. The summed E-state index contributed by atoms with van der Waals surface area (Å²) in [6, 6.07) is 1.55. The van der Waals surface area contributed by atoms with Gasteiger partial charge in [-0.25, -0.2) is 0 Å². The molecule has 0 saturated heterocycles. The van der Waals surface area contributed by atoms with Crippen molar-refractivity contribution in [3.63, 3.8) is 0 Å². The van der Waals surface area contributed by atoms with Crippen LogP contribution in [0.25, 0.3) is 0 Å². The SMILES string of the molecule is CCCc1cc(C(F)(F)F)cc(=O)[nH]1. The summed E-state index contributed by atoms with van der Waals surface area (Å²) in [6.45, 7) is 1.83. The van der Waals surface area contributed by atoms with Gasteiger partial charge in [0.1, 0.15) is 0 Å². The highest BCUT2D eigenvalue weighted by Gasteiger charge is 2.31. The van der Waals surface area contributed by atoms with E-state index in [0.717, 1.165) is 6.07 Å². The van der Waals surface area contributed by atoms with Crippen LogP contribution in [-0.4, -0.2) is 4.98 Å². The Balaban J connectivity index is 3.14. The molecule has 0 unspecified atom stereocenters. The molecular weight excluding hydrogens is 195 g/mol. The number of rotatable bonds is 2. The standard InChI is InChI=1S/C9H10F3NO/c1-2-3-7-4-6(9(10,11)12)5-8(14)13-7/h4-5H,2-3H2,1H3,(H,13,14). The molecule has 0 radical (unpaired) electrons. The first kappa shape index (κ1) is 10.8. The minimum absolute atomic E-state index is 0.326. The summed E-state index contributed by atoms with van der Waals surface area (Å²) in [5.74, 6) is 0. The second-order valence-electron chi connectivity index (χ2n) is 3.01. The molecule has 0 bridgehead atoms. The van der Waals surface area contributed by atoms with Crippen LogP contribution in [0.4, 0.5) is 13.2 Å². The first-order valence-corrected chi connectivity index (χ1v) is 4.24. The summed E-state index contributed by atoms with van der Waals surface area (Å²) >= 11 is 0. The molecule has 0 atom stereocenters. The van der Waals surface area contributed by atoms with Crippen LogP contribution in [-0.2, 0) is 12.6 Å². The summed E-state index contributed by atoms with van der Waals surface area (Å²) in [6.07, 6.45) is -3.31. The van der Waals surface area contributed by atoms with Gasteiger partial charge in [-0.1, -0.05) is 13.3 Å². The number of hydrogen-bond acceptors (Lipinski definition) is 1. The molecule has 0 spiro atoms. The zero-order valence-electron chi connectivity index (χ0n) is 7.61. The second kappa shape index (κ2) is 3.86. The highest BCUT2D eigenvalue weighted by atomic mass is 19.4. The average molecular weight is 205 g/mol. The topological polar surface area (TPSA) is 32.9 Å². The fourth-order valence-electron chi connectivity index (χ4n) is 1.17. The fraction of sp³-hybridized carbons (Fsp3) is 0.444. The van der Waals surface area contributed by atoms with E-state index < -0.39 is 17.3 Å². The van der Waals surface area contributed by atoms with Crippen LogP contribution in [0.1, 0.15) is 24.6 Å². The Morgan fingerprint density at radius 3 is 2.50 bits per heavy atom. The molecule has 78 valence electrons. The summed E-state index contributed by atoms with van der Waals surface area (Å²) < 4.78 is 36.7. The minimum Gasteiger partial charge on any atom is -0.326 e. The summed E-state index contributed by atoms with van der Waals surface area (Å²) in [7, 11) is 0. The van der Waals surface area contributed by atoms with E-state index in [9.17, 15) is 18.0 Å². The normalized spacial score (nSPS) is 11.7. The van der Waals surface area contributed by atoms with Crippen molar-refractivity contribution in [1.29, 1.82) is 0 Å². The van der Waals surface area contributed by atoms with Crippen molar-refractivity contribution in [1.82, 2.24) is 4.98 Å². The third-order valence-corrected chi connectivity index (χ3v) is 1.75. The van der Waals surface area contributed by atoms with Gasteiger partial charge >= 0.3 is 6.18 Å². The first-order chi connectivity index (χ1) is 6.43. The van der Waals surface area contributed by atoms with Gasteiger partial charge in [0.25, 0.3) is 0 Å². The van der Waals surface area contributed by atoms with Crippen molar-refractivity contribution in [3.05, 3.63) is 33.7 Å². The van der Waals surface area contributed by atoms with E-state index in [2.05, 4.69) is 4.98 Å². The van der Waals surface area contributed by atoms with Gasteiger partial charge in [-0.2, -0.15) is 13.2 Å². The summed E-state index contributed by atoms with van der Waals surface area (Å²) in [5.41, 5.74) is -1.26. The van der Waals surface area contributed by atoms with Gasteiger partial charge in [-0.15, -0.1) is 0 Å². The van der Waals surface area contributed by atoms with Gasteiger partial charge in [0.15, 0.2) is 0 Å². The van der Waals surface area contributed by atoms with E-state index >= 15 is 0 Å². The quantitative estimate of drug-likeness (QED) is 0.789. The van der Waals surface area contributed by atoms with Crippen LogP contribution < -0.4 is 5.56 Å². The average Bonchev–Trinajstić information content (AvgIpc) is 2.02. The van der Waals surface area contributed by atoms with Crippen LogP contribution in [0, 0.1) is 0 Å². The molecule has 1 aromatic rings. The molecule has 5 heteroatoms. The number of halogens is 3. The number of aryl methyl sites for hydroxylation is 1. The van der Waals surface area contributed by atoms with Gasteiger partial charge in [-0.3, -0.25) is 4.79 Å². The monoisotopic (exact) mass is 205 g/mol. The third-order valence-electron chi connectivity index (χ3n) is 1.75. The van der Waals surface area contributed by atoms with Crippen LogP contribution in [0.2, 0.25) is 0 Å². The Hall–Kier alpha value is -1.26. The summed E-state index contributed by atoms with van der Waals surface area (Å²) in [5, 5.41) is 0. The van der Waals surface area contributed by atoms with E-state index in [1.165, 1.54) is 0 Å². The largest absolute Gasteiger partial charge is 0.416 e. The zero-order valence-corrected chi connectivity index (χ0v) is 7.61. The Morgan fingerprint density at radius 1 is 1.36 bits per heavy atom. The second-order valence-corrected chi connectivity index (χ2v) is 3.01. The van der Waals surface area contributed by atoms with Gasteiger partial charge in [0.05, 0.1) is 5.56 Å². The highest BCUT2D eigenvalue weighted by Crippen LogP contribution is 2.28. The fourth-order valence-corrected chi connectivity index (χ4v) is 1.17. The van der Waals surface area contributed by atoms with Gasteiger partial charge < -0.3 is 4.98 Å². The molecule has 0 saturated carbocycles. The van der Waals surface area contributed by atoms with Crippen LogP contribution in [0.15, 0.2) is 16.9 Å². The third kappa shape index (κ3) is 2.61. The lowest BCUT2D eigenvalue weighted by Crippen LogP contribution is -2.15. The zero-order chi connectivity index (χ0) is 10.8. The van der Waals surface area contributed by atoms with Crippen molar-refractivity contribution in [2.24, 2.45) is 0 Å². The number of hydrogen-bond donors (Lipinski definition) is 1. The Kier molecular flexibility index (Phi) is 2.98. The van der Waals surface area contributed by atoms with E-state index in [4.69, 9.17) is 0 Å². The lowest BCUT2D eigenvalue weighted by Gasteiger charge is -2.07. The number of alkyl halides is 3. The Bertz CT molecular complexity index is 367. The van der Waals surface area contributed by atoms with E-state index in [1.807, 2.05) is 6.92 Å². The predicted octanol–water partition coefficient (Wildman–Crippen LogP) is 2.35. The molecule has 0 aliphatic rings. The Morgan fingerprint density at radius 2 is 2.00 bits per heavy atom. The van der Waals surface area contributed by atoms with Crippen molar-refractivity contribution in [3.8, 4) is 0 Å². The summed E-state index contributed by atoms with van der Waals surface area (Å²) in [4.78, 5) is 13.2. The van der Waals surface area contributed by atoms with Crippen LogP contribution >= 0.6 is 0 Å². The maximum absolute atomic E-state index is 12.2. The minimum atomic E-state index is -4.45. The number of pyridine rings is 1. The molecule has 0 amide bonds. The molecule has 2 nitrogen and oxygen atoms in total. The number of aromatic amines is 1. The molecule has 1 rings (SSSR count). The molecule has 0 fully saturated rings. The Labute approximate surface area is 78.8 Å². The molecule has 0 aromatic carbocycles. The number of aromatic nitrogens is 1. The molecule has 0 aliphatic carbocycles. The molecule has 14 heavy (non-hydrogen) atoms. The molecule has 0 aliphatic heterocycles. The van der Waals surface area contributed by atoms with E-state index in [0.29, 0.717) is 24.6 Å².